The van der Waals surface area contributed by atoms with Gasteiger partial charge in [-0.2, -0.15) is 0 Å². The van der Waals surface area contributed by atoms with Crippen molar-refractivity contribution in [3.63, 3.8) is 0 Å². The van der Waals surface area contributed by atoms with Crippen LogP contribution in [-0.4, -0.2) is 23.7 Å². The zero-order chi connectivity index (χ0) is 15.5. The summed E-state index contributed by atoms with van der Waals surface area (Å²) in [6.07, 6.45) is 2.95. The Morgan fingerprint density at radius 2 is 1.77 bits per heavy atom. The second-order valence-electron chi connectivity index (χ2n) is 5.66. The van der Waals surface area contributed by atoms with Crippen molar-refractivity contribution in [2.75, 3.05) is 6.61 Å². The van der Waals surface area contributed by atoms with Gasteiger partial charge in [-0.25, -0.2) is 4.79 Å². The molecule has 0 amide bonds. The molecule has 1 aliphatic carbocycles. The van der Waals surface area contributed by atoms with Crippen molar-refractivity contribution in [2.45, 2.75) is 25.3 Å². The van der Waals surface area contributed by atoms with Gasteiger partial charge in [0, 0.05) is 12.5 Å². The molecule has 4 rings (SSSR count). The van der Waals surface area contributed by atoms with E-state index in [1.54, 1.807) is 18.2 Å². The molecule has 2 aliphatic rings. The zero-order valence-corrected chi connectivity index (χ0v) is 12.3. The fraction of sp³-hybridized carbons (Fsp3) is 0.278. The molecular formula is C18H19NO3. The van der Waals surface area contributed by atoms with E-state index in [0.29, 0.717) is 18.2 Å². The number of hydrogen-bond donors (Lipinski definition) is 2. The third-order valence-electron chi connectivity index (χ3n) is 4.02. The third-order valence-corrected chi connectivity index (χ3v) is 4.02. The lowest BCUT2D eigenvalue weighted by atomic mass is 10.1. The summed E-state index contributed by atoms with van der Waals surface area (Å²) in [6.45, 7) is 0.665. The molecule has 4 heteroatoms. The predicted octanol–water partition coefficient (Wildman–Crippen LogP) is 2.43. The number of benzene rings is 2. The summed E-state index contributed by atoms with van der Waals surface area (Å²) in [6, 6.07) is 13.8. The molecule has 0 radical (unpaired) electrons. The van der Waals surface area contributed by atoms with Crippen molar-refractivity contribution in [1.29, 1.82) is 0 Å². The van der Waals surface area contributed by atoms with Gasteiger partial charge >= 0.3 is 5.97 Å². The van der Waals surface area contributed by atoms with E-state index in [4.69, 9.17) is 15.6 Å². The number of fused-ring (bicyclic) bond motifs is 2. The number of hydrogen-bond acceptors (Lipinski definition) is 3. The number of nitrogens with two attached hydrogens (primary N) is 1. The highest BCUT2D eigenvalue weighted by Crippen LogP contribution is 2.25. The molecule has 0 aromatic heterocycles. The lowest BCUT2D eigenvalue weighted by molar-refractivity contribution is 0.0697. The van der Waals surface area contributed by atoms with Gasteiger partial charge in [-0.15, -0.1) is 0 Å². The molecule has 2 aromatic carbocycles. The number of carbonyl (C=O) groups is 1. The van der Waals surface area contributed by atoms with Gasteiger partial charge in [0.1, 0.15) is 5.75 Å². The molecule has 0 atom stereocenters. The minimum Gasteiger partial charge on any atom is -0.493 e. The van der Waals surface area contributed by atoms with Crippen LogP contribution in [0.1, 0.15) is 27.0 Å². The van der Waals surface area contributed by atoms with Crippen LogP contribution in [0.3, 0.4) is 0 Å². The summed E-state index contributed by atoms with van der Waals surface area (Å²) in [4.78, 5) is 10.6. The average Bonchev–Trinajstić information content (AvgIpc) is 3.11. The van der Waals surface area contributed by atoms with Crippen LogP contribution in [-0.2, 0) is 19.3 Å². The summed E-state index contributed by atoms with van der Waals surface area (Å²) >= 11 is 0. The monoisotopic (exact) mass is 297 g/mol. The van der Waals surface area contributed by atoms with Crippen molar-refractivity contribution < 1.29 is 14.6 Å². The Hall–Kier alpha value is -2.33. The minimum atomic E-state index is -0.885. The van der Waals surface area contributed by atoms with E-state index >= 15 is 0 Å². The number of carboxylic acids is 1. The van der Waals surface area contributed by atoms with Crippen molar-refractivity contribution in [2.24, 2.45) is 5.73 Å². The van der Waals surface area contributed by atoms with E-state index in [1.807, 2.05) is 0 Å². The van der Waals surface area contributed by atoms with E-state index in [2.05, 4.69) is 24.3 Å². The maximum atomic E-state index is 10.6. The molecule has 1 heterocycles. The molecule has 114 valence electrons. The topological polar surface area (TPSA) is 72.6 Å². The molecule has 4 nitrogen and oxygen atoms in total. The zero-order valence-electron chi connectivity index (χ0n) is 12.3. The van der Waals surface area contributed by atoms with Crippen LogP contribution in [0.2, 0.25) is 0 Å². The first-order valence-electron chi connectivity index (χ1n) is 7.45. The highest BCUT2D eigenvalue weighted by atomic mass is 16.5. The normalized spacial score (nSPS) is 15.3. The molecule has 2 aromatic rings. The molecule has 0 fully saturated rings. The smallest absolute Gasteiger partial charge is 0.335 e. The number of carboxylic acid groups (broad SMARTS) is 1. The van der Waals surface area contributed by atoms with Crippen molar-refractivity contribution in [1.82, 2.24) is 0 Å². The van der Waals surface area contributed by atoms with Gasteiger partial charge in [-0.05, 0) is 47.7 Å². The Kier molecular flexibility index (Phi) is 4.11. The Bertz CT molecular complexity index is 671. The Balaban J connectivity index is 0.000000133. The maximum Gasteiger partial charge on any atom is 0.335 e. The van der Waals surface area contributed by atoms with E-state index in [9.17, 15) is 4.79 Å². The number of rotatable bonds is 1. The van der Waals surface area contributed by atoms with Crippen LogP contribution in [0.25, 0.3) is 0 Å². The van der Waals surface area contributed by atoms with Crippen LogP contribution >= 0.6 is 0 Å². The first-order valence-corrected chi connectivity index (χ1v) is 7.45. The van der Waals surface area contributed by atoms with E-state index in [-0.39, 0.29) is 0 Å². The van der Waals surface area contributed by atoms with Crippen LogP contribution in [0.4, 0.5) is 0 Å². The lowest BCUT2D eigenvalue weighted by Gasteiger charge is -1.98. The quantitative estimate of drug-likeness (QED) is 0.848. The largest absolute Gasteiger partial charge is 0.493 e. The van der Waals surface area contributed by atoms with Crippen molar-refractivity contribution in [3.8, 4) is 5.75 Å². The average molecular weight is 297 g/mol. The molecule has 22 heavy (non-hydrogen) atoms. The van der Waals surface area contributed by atoms with Crippen molar-refractivity contribution in [3.05, 3.63) is 64.7 Å². The Labute approximate surface area is 129 Å². The van der Waals surface area contributed by atoms with E-state index in [0.717, 1.165) is 30.6 Å². The molecule has 0 bridgehead atoms. The summed E-state index contributed by atoms with van der Waals surface area (Å²) in [5.41, 5.74) is 9.99. The maximum absolute atomic E-state index is 10.6. The Morgan fingerprint density at radius 1 is 1.09 bits per heavy atom. The lowest BCUT2D eigenvalue weighted by Crippen LogP contribution is -2.18. The summed E-state index contributed by atoms with van der Waals surface area (Å²) < 4.78 is 5.24. The number of ether oxygens (including phenoxy) is 1. The van der Waals surface area contributed by atoms with Crippen LogP contribution in [0, 0.1) is 0 Å². The molecule has 0 saturated carbocycles. The van der Waals surface area contributed by atoms with Gasteiger partial charge in [0.25, 0.3) is 0 Å². The van der Waals surface area contributed by atoms with Gasteiger partial charge in [-0.3, -0.25) is 0 Å². The molecule has 1 aliphatic heterocycles. The van der Waals surface area contributed by atoms with Crippen LogP contribution in [0.5, 0.6) is 5.75 Å². The fourth-order valence-corrected chi connectivity index (χ4v) is 2.91. The molecule has 0 saturated heterocycles. The summed E-state index contributed by atoms with van der Waals surface area (Å²) in [5, 5.41) is 8.68. The van der Waals surface area contributed by atoms with Gasteiger partial charge in [0.2, 0.25) is 0 Å². The summed E-state index contributed by atoms with van der Waals surface area (Å²) in [5.74, 6) is -0.0651. The van der Waals surface area contributed by atoms with Gasteiger partial charge in [-0.1, -0.05) is 24.3 Å². The first kappa shape index (κ1) is 14.6. The molecule has 0 spiro atoms. The SMILES string of the molecule is NC1Cc2ccccc2C1.O=C(O)c1ccc2c(c1)CCO2. The van der Waals surface area contributed by atoms with Crippen LogP contribution < -0.4 is 10.5 Å². The fourth-order valence-electron chi connectivity index (χ4n) is 2.91. The highest BCUT2D eigenvalue weighted by Gasteiger charge is 2.16. The third kappa shape index (κ3) is 3.12. The first-order chi connectivity index (χ1) is 10.6. The van der Waals surface area contributed by atoms with Crippen LogP contribution in [0.15, 0.2) is 42.5 Å². The highest BCUT2D eigenvalue weighted by molar-refractivity contribution is 5.88. The number of aromatic carboxylic acids is 1. The summed E-state index contributed by atoms with van der Waals surface area (Å²) in [7, 11) is 0. The van der Waals surface area contributed by atoms with E-state index < -0.39 is 5.97 Å². The van der Waals surface area contributed by atoms with Gasteiger partial charge in [0.15, 0.2) is 0 Å². The molecule has 3 N–H and O–H groups in total. The second kappa shape index (κ2) is 6.20. The van der Waals surface area contributed by atoms with Gasteiger partial charge in [0.05, 0.1) is 12.2 Å². The minimum absolute atomic E-state index is 0.333. The molecular weight excluding hydrogens is 278 g/mol. The molecule has 0 unspecified atom stereocenters. The Morgan fingerprint density at radius 3 is 2.41 bits per heavy atom. The predicted molar refractivity (Wildman–Crippen MR) is 84.4 cm³/mol. The second-order valence-corrected chi connectivity index (χ2v) is 5.66. The van der Waals surface area contributed by atoms with Crippen molar-refractivity contribution >= 4 is 5.97 Å². The standard InChI is InChI=1S/C9H11N.C9H8O3/c10-9-5-7-3-1-2-4-8(7)6-9;10-9(11)7-1-2-8-6(5-7)3-4-12-8/h1-4,9H,5-6,10H2;1-2,5H,3-4H2,(H,10,11). The van der Waals surface area contributed by atoms with E-state index in [1.165, 1.54) is 11.1 Å². The van der Waals surface area contributed by atoms with Gasteiger partial charge < -0.3 is 15.6 Å².